The van der Waals surface area contributed by atoms with Crippen LogP contribution >= 0.6 is 0 Å². The number of amides is 1. The molecule has 1 aromatic heterocycles. The topological polar surface area (TPSA) is 85.4 Å². The van der Waals surface area contributed by atoms with Crippen molar-refractivity contribution in [3.05, 3.63) is 23.9 Å². The highest BCUT2D eigenvalue weighted by molar-refractivity contribution is 7.92. The summed E-state index contributed by atoms with van der Waals surface area (Å²) in [7, 11) is -4.10. The Kier molecular flexibility index (Phi) is 7.61. The summed E-state index contributed by atoms with van der Waals surface area (Å²) in [6, 6.07) is 1.35. The molecule has 0 aliphatic heterocycles. The zero-order valence-electron chi connectivity index (χ0n) is 13.1. The van der Waals surface area contributed by atoms with Gasteiger partial charge in [0, 0.05) is 19.3 Å². The first-order valence-electron chi connectivity index (χ1n) is 7.27. The van der Waals surface area contributed by atoms with Crippen LogP contribution in [0.1, 0.15) is 25.3 Å². The minimum Gasteiger partial charge on any atom is -0.380 e. The van der Waals surface area contributed by atoms with E-state index in [0.717, 1.165) is 18.9 Å². The third-order valence-electron chi connectivity index (χ3n) is 2.91. The Morgan fingerprint density at radius 3 is 2.54 bits per heavy atom. The number of carbonyl (C=O) groups excluding carboxylic acids is 1. The fraction of sp³-hybridized carbons (Fsp3) is 0.571. The summed E-state index contributed by atoms with van der Waals surface area (Å²) in [5.41, 5.74) is -1.06. The average Bonchev–Trinajstić information content (AvgIpc) is 2.49. The molecule has 0 aromatic carbocycles. The lowest BCUT2D eigenvalue weighted by Gasteiger charge is -2.08. The van der Waals surface area contributed by atoms with Gasteiger partial charge in [0.05, 0.1) is 12.2 Å². The van der Waals surface area contributed by atoms with Gasteiger partial charge in [-0.15, -0.1) is 0 Å². The molecule has 0 atom stereocenters. The van der Waals surface area contributed by atoms with Crippen LogP contribution in [-0.2, 0) is 25.5 Å². The number of carbonyl (C=O) groups is 1. The van der Waals surface area contributed by atoms with E-state index in [-0.39, 0.29) is 13.2 Å². The molecule has 0 aliphatic rings. The first-order chi connectivity index (χ1) is 11.2. The van der Waals surface area contributed by atoms with E-state index in [4.69, 9.17) is 4.74 Å². The molecule has 1 amide bonds. The number of rotatable bonds is 9. The number of hydrogen-bond acceptors (Lipinski definition) is 5. The number of nitrogens with one attached hydrogen (secondary N) is 1. The first-order valence-corrected chi connectivity index (χ1v) is 8.92. The van der Waals surface area contributed by atoms with Crippen molar-refractivity contribution in [1.29, 1.82) is 0 Å². The molecule has 136 valence electrons. The molecular weight excluding hydrogens is 349 g/mol. The van der Waals surface area contributed by atoms with Crippen molar-refractivity contribution in [3.63, 3.8) is 0 Å². The minimum absolute atomic E-state index is 0.151. The molecule has 1 rings (SSSR count). The van der Waals surface area contributed by atoms with Gasteiger partial charge in [-0.2, -0.15) is 13.2 Å². The van der Waals surface area contributed by atoms with E-state index >= 15 is 0 Å². The number of halogens is 3. The molecule has 0 saturated carbocycles. The monoisotopic (exact) mass is 368 g/mol. The number of alkyl halides is 3. The maximum absolute atomic E-state index is 12.4. The second kappa shape index (κ2) is 8.97. The number of hydrogen-bond donors (Lipinski definition) is 1. The molecule has 0 bridgehead atoms. The van der Waals surface area contributed by atoms with E-state index in [2.05, 4.69) is 10.3 Å². The van der Waals surface area contributed by atoms with Crippen LogP contribution in [0.2, 0.25) is 0 Å². The maximum Gasteiger partial charge on any atom is 0.417 e. The van der Waals surface area contributed by atoms with Crippen molar-refractivity contribution in [2.24, 2.45) is 0 Å². The van der Waals surface area contributed by atoms with Gasteiger partial charge in [0.1, 0.15) is 5.75 Å². The van der Waals surface area contributed by atoms with E-state index in [9.17, 15) is 26.4 Å². The van der Waals surface area contributed by atoms with Crippen LogP contribution in [0.4, 0.5) is 13.2 Å². The summed E-state index contributed by atoms with van der Waals surface area (Å²) < 4.78 is 66.3. The van der Waals surface area contributed by atoms with Crippen molar-refractivity contribution >= 4 is 15.7 Å². The predicted octanol–water partition coefficient (Wildman–Crippen LogP) is 1.81. The average molecular weight is 368 g/mol. The number of ether oxygens (including phenoxy) is 1. The predicted molar refractivity (Wildman–Crippen MR) is 80.0 cm³/mol. The lowest BCUT2D eigenvalue weighted by atomic mass is 10.3. The number of nitrogens with zero attached hydrogens (tertiary/aromatic N) is 1. The molecule has 0 radical (unpaired) electrons. The van der Waals surface area contributed by atoms with Crippen LogP contribution in [0.15, 0.2) is 23.4 Å². The number of unbranched alkanes of at least 4 members (excludes halogenated alkanes) is 1. The Morgan fingerprint density at radius 2 is 2.00 bits per heavy atom. The van der Waals surface area contributed by atoms with E-state index in [1.807, 2.05) is 6.92 Å². The SMILES string of the molecule is CCCCOCCNC(=O)CS(=O)(=O)c1ccc(C(F)(F)F)cn1. The molecule has 1 heterocycles. The van der Waals surface area contributed by atoms with Crippen molar-refractivity contribution in [2.75, 3.05) is 25.5 Å². The van der Waals surface area contributed by atoms with Gasteiger partial charge in [-0.25, -0.2) is 13.4 Å². The van der Waals surface area contributed by atoms with E-state index in [1.165, 1.54) is 0 Å². The summed E-state index contributed by atoms with van der Waals surface area (Å²) >= 11 is 0. The van der Waals surface area contributed by atoms with E-state index < -0.39 is 38.3 Å². The Morgan fingerprint density at radius 1 is 1.29 bits per heavy atom. The van der Waals surface area contributed by atoms with E-state index in [0.29, 0.717) is 18.9 Å². The van der Waals surface area contributed by atoms with Gasteiger partial charge in [0.15, 0.2) is 5.03 Å². The van der Waals surface area contributed by atoms with Crippen LogP contribution in [0.25, 0.3) is 0 Å². The highest BCUT2D eigenvalue weighted by atomic mass is 32.2. The molecule has 24 heavy (non-hydrogen) atoms. The molecule has 10 heteroatoms. The molecule has 1 aromatic rings. The van der Waals surface area contributed by atoms with Gasteiger partial charge in [0.25, 0.3) is 0 Å². The summed E-state index contributed by atoms with van der Waals surface area (Å²) in [6.45, 7) is 2.97. The molecule has 0 aliphatic carbocycles. The standard InChI is InChI=1S/C14H19F3N2O4S/c1-2-3-7-23-8-6-18-12(20)10-24(21,22)13-5-4-11(9-19-13)14(15,16)17/h4-5,9H,2-3,6-8,10H2,1H3,(H,18,20). The van der Waals surface area contributed by atoms with Gasteiger partial charge in [0.2, 0.25) is 15.7 Å². The summed E-state index contributed by atoms with van der Waals surface area (Å²) in [5, 5.41) is 1.79. The van der Waals surface area contributed by atoms with Crippen molar-refractivity contribution in [3.8, 4) is 0 Å². The Bertz CT molecular complexity index is 630. The van der Waals surface area contributed by atoms with Crippen molar-refractivity contribution < 1.29 is 31.1 Å². The van der Waals surface area contributed by atoms with Crippen LogP contribution in [0, 0.1) is 0 Å². The maximum atomic E-state index is 12.4. The fourth-order valence-electron chi connectivity index (χ4n) is 1.64. The summed E-state index contributed by atoms with van der Waals surface area (Å²) in [5.74, 6) is -1.66. The minimum atomic E-state index is -4.61. The number of aromatic nitrogens is 1. The van der Waals surface area contributed by atoms with Gasteiger partial charge in [-0.3, -0.25) is 4.79 Å². The Labute approximate surface area is 138 Å². The van der Waals surface area contributed by atoms with Crippen LogP contribution in [0.3, 0.4) is 0 Å². The first kappa shape index (κ1) is 20.4. The third kappa shape index (κ3) is 6.83. The molecule has 0 spiro atoms. The molecule has 1 N–H and O–H groups in total. The van der Waals surface area contributed by atoms with Gasteiger partial charge in [-0.05, 0) is 18.6 Å². The van der Waals surface area contributed by atoms with Crippen LogP contribution in [0.5, 0.6) is 0 Å². The zero-order valence-corrected chi connectivity index (χ0v) is 13.9. The summed E-state index contributed by atoms with van der Waals surface area (Å²) in [4.78, 5) is 14.9. The Balaban J connectivity index is 2.52. The zero-order chi connectivity index (χ0) is 18.2. The third-order valence-corrected chi connectivity index (χ3v) is 4.44. The van der Waals surface area contributed by atoms with Gasteiger partial charge in [-0.1, -0.05) is 13.3 Å². The number of sulfone groups is 1. The van der Waals surface area contributed by atoms with Crippen LogP contribution in [-0.4, -0.2) is 44.8 Å². The number of pyridine rings is 1. The van der Waals surface area contributed by atoms with Crippen molar-refractivity contribution in [1.82, 2.24) is 10.3 Å². The molecule has 0 saturated heterocycles. The molecular formula is C14H19F3N2O4S. The molecule has 6 nitrogen and oxygen atoms in total. The largest absolute Gasteiger partial charge is 0.417 e. The Hall–Kier alpha value is -1.68. The highest BCUT2D eigenvalue weighted by Crippen LogP contribution is 2.28. The normalized spacial score (nSPS) is 12.2. The summed E-state index contributed by atoms with van der Waals surface area (Å²) in [6.07, 6.45) is -2.32. The highest BCUT2D eigenvalue weighted by Gasteiger charge is 2.31. The van der Waals surface area contributed by atoms with Gasteiger partial charge < -0.3 is 10.1 Å². The lowest BCUT2D eigenvalue weighted by Crippen LogP contribution is -2.33. The second-order valence-corrected chi connectivity index (χ2v) is 6.89. The quantitative estimate of drug-likeness (QED) is 0.672. The fourth-order valence-corrected chi connectivity index (χ4v) is 2.72. The second-order valence-electron chi connectivity index (χ2n) is 4.96. The smallest absolute Gasteiger partial charge is 0.380 e. The van der Waals surface area contributed by atoms with E-state index in [1.54, 1.807) is 0 Å². The molecule has 0 unspecified atom stereocenters. The van der Waals surface area contributed by atoms with Crippen LogP contribution < -0.4 is 5.32 Å². The lowest BCUT2D eigenvalue weighted by molar-refractivity contribution is -0.137. The van der Waals surface area contributed by atoms with Crippen molar-refractivity contribution in [2.45, 2.75) is 31.0 Å². The van der Waals surface area contributed by atoms with Gasteiger partial charge >= 0.3 is 6.18 Å². The molecule has 0 fully saturated rings.